The van der Waals surface area contributed by atoms with E-state index in [1.165, 1.54) is 19.2 Å². The fourth-order valence-corrected chi connectivity index (χ4v) is 3.42. The van der Waals surface area contributed by atoms with Gasteiger partial charge >= 0.3 is 0 Å². The summed E-state index contributed by atoms with van der Waals surface area (Å²) in [5, 5.41) is 13.8. The SMILES string of the molecule is CNCc1ccc(CNC(=O)c2ccc3n[nH]c(/C=C/c4ccc(F)cc4)c3c2OC)o1. The Hall–Kier alpha value is -3.91. The summed E-state index contributed by atoms with van der Waals surface area (Å²) in [4.78, 5) is 12.9. The van der Waals surface area contributed by atoms with E-state index in [1.54, 1.807) is 24.3 Å². The number of nitrogens with zero attached hydrogens (tertiary/aromatic N) is 1. The van der Waals surface area contributed by atoms with E-state index in [2.05, 4.69) is 20.8 Å². The van der Waals surface area contributed by atoms with E-state index in [0.29, 0.717) is 40.2 Å². The van der Waals surface area contributed by atoms with E-state index >= 15 is 0 Å². The molecule has 0 aliphatic carbocycles. The summed E-state index contributed by atoms with van der Waals surface area (Å²) in [7, 11) is 3.36. The molecule has 2 aromatic heterocycles. The molecule has 3 N–H and O–H groups in total. The number of H-pyrrole nitrogens is 1. The van der Waals surface area contributed by atoms with Crippen molar-refractivity contribution in [3.63, 3.8) is 0 Å². The first-order chi connectivity index (χ1) is 15.6. The second kappa shape index (κ2) is 9.49. The zero-order chi connectivity index (χ0) is 22.5. The summed E-state index contributed by atoms with van der Waals surface area (Å²) >= 11 is 0. The molecular weight excluding hydrogens is 411 g/mol. The van der Waals surface area contributed by atoms with Gasteiger partial charge in [0.15, 0.2) is 0 Å². The Morgan fingerprint density at radius 3 is 2.56 bits per heavy atom. The average Bonchev–Trinajstić information content (AvgIpc) is 3.43. The Morgan fingerprint density at radius 2 is 1.84 bits per heavy atom. The van der Waals surface area contributed by atoms with Crippen LogP contribution in [0.1, 0.15) is 33.1 Å². The van der Waals surface area contributed by atoms with Crippen molar-refractivity contribution in [2.75, 3.05) is 14.2 Å². The molecule has 0 atom stereocenters. The zero-order valence-electron chi connectivity index (χ0n) is 17.7. The third-order valence-electron chi connectivity index (χ3n) is 4.95. The van der Waals surface area contributed by atoms with Crippen molar-refractivity contribution in [2.45, 2.75) is 13.1 Å². The minimum absolute atomic E-state index is 0.256. The maximum Gasteiger partial charge on any atom is 0.255 e. The van der Waals surface area contributed by atoms with Crippen LogP contribution in [0.3, 0.4) is 0 Å². The number of hydrogen-bond donors (Lipinski definition) is 3. The van der Waals surface area contributed by atoms with Gasteiger partial charge in [0.05, 0.1) is 42.4 Å². The number of hydrogen-bond acceptors (Lipinski definition) is 5. The smallest absolute Gasteiger partial charge is 0.255 e. The molecule has 1 amide bonds. The van der Waals surface area contributed by atoms with E-state index in [1.807, 2.05) is 31.3 Å². The van der Waals surface area contributed by atoms with Gasteiger partial charge in [0.25, 0.3) is 5.91 Å². The standard InChI is InChI=1S/C24H23FN4O3/c1-26-13-17-8-9-18(32-17)14-27-24(30)19-10-12-21-22(23(19)31-2)20(28-29-21)11-5-15-3-6-16(25)7-4-15/h3-12,26H,13-14H2,1-2H3,(H,27,30)(H,28,29)/b11-5+. The Balaban J connectivity index is 1.58. The highest BCUT2D eigenvalue weighted by Gasteiger charge is 2.19. The van der Waals surface area contributed by atoms with Gasteiger partial charge in [0.1, 0.15) is 23.1 Å². The maximum atomic E-state index is 13.1. The number of ether oxygens (including phenoxy) is 1. The lowest BCUT2D eigenvalue weighted by atomic mass is 10.1. The molecule has 4 aromatic rings. The normalized spacial score (nSPS) is 11.3. The minimum atomic E-state index is -0.292. The molecular formula is C24H23FN4O3. The summed E-state index contributed by atoms with van der Waals surface area (Å²) in [6.07, 6.45) is 3.65. The molecule has 164 valence electrons. The zero-order valence-corrected chi connectivity index (χ0v) is 17.7. The average molecular weight is 434 g/mol. The molecule has 0 saturated heterocycles. The van der Waals surface area contributed by atoms with E-state index in [4.69, 9.17) is 9.15 Å². The van der Waals surface area contributed by atoms with Crippen LogP contribution in [-0.4, -0.2) is 30.3 Å². The van der Waals surface area contributed by atoms with Crippen LogP contribution in [0, 0.1) is 5.82 Å². The van der Waals surface area contributed by atoms with Crippen LogP contribution in [-0.2, 0) is 13.1 Å². The molecule has 0 unspecified atom stereocenters. The van der Waals surface area contributed by atoms with Gasteiger partial charge in [0, 0.05) is 0 Å². The van der Waals surface area contributed by atoms with Gasteiger partial charge in [0.2, 0.25) is 0 Å². The Bertz CT molecular complexity index is 1260. The number of furan rings is 1. The van der Waals surface area contributed by atoms with E-state index in [9.17, 15) is 9.18 Å². The molecule has 8 heteroatoms. The second-order valence-electron chi connectivity index (χ2n) is 7.14. The Labute approximate surface area is 184 Å². The van der Waals surface area contributed by atoms with Crippen molar-refractivity contribution in [1.29, 1.82) is 0 Å². The molecule has 2 aromatic carbocycles. The second-order valence-corrected chi connectivity index (χ2v) is 7.14. The van der Waals surface area contributed by atoms with Crippen molar-refractivity contribution in [3.8, 4) is 5.75 Å². The molecule has 7 nitrogen and oxygen atoms in total. The highest BCUT2D eigenvalue weighted by atomic mass is 19.1. The van der Waals surface area contributed by atoms with Crippen LogP contribution in [0.25, 0.3) is 23.1 Å². The van der Waals surface area contributed by atoms with Gasteiger partial charge in [-0.15, -0.1) is 0 Å². The lowest BCUT2D eigenvalue weighted by Gasteiger charge is -2.10. The number of methoxy groups -OCH3 is 1. The summed E-state index contributed by atoms with van der Waals surface area (Å²) in [5.41, 5.74) is 2.57. The molecule has 0 bridgehead atoms. The van der Waals surface area contributed by atoms with Gasteiger partial charge in [-0.05, 0) is 55.1 Å². The molecule has 0 saturated carbocycles. The van der Waals surface area contributed by atoms with Crippen molar-refractivity contribution >= 4 is 29.0 Å². The van der Waals surface area contributed by atoms with Crippen molar-refractivity contribution in [3.05, 3.63) is 82.7 Å². The first-order valence-electron chi connectivity index (χ1n) is 10.1. The predicted octanol–water partition coefficient (Wildman–Crippen LogP) is 4.12. The Morgan fingerprint density at radius 1 is 1.09 bits per heavy atom. The van der Waals surface area contributed by atoms with Crippen LogP contribution in [0.2, 0.25) is 0 Å². The van der Waals surface area contributed by atoms with Gasteiger partial charge in [-0.1, -0.05) is 18.2 Å². The van der Waals surface area contributed by atoms with Crippen molar-refractivity contribution < 1.29 is 18.3 Å². The van der Waals surface area contributed by atoms with Crippen molar-refractivity contribution in [1.82, 2.24) is 20.8 Å². The van der Waals surface area contributed by atoms with Gasteiger partial charge < -0.3 is 19.8 Å². The fourth-order valence-electron chi connectivity index (χ4n) is 3.42. The number of amides is 1. The molecule has 0 spiro atoms. The first kappa shape index (κ1) is 21.3. The lowest BCUT2D eigenvalue weighted by Crippen LogP contribution is -2.23. The first-order valence-corrected chi connectivity index (χ1v) is 10.1. The summed E-state index contributed by atoms with van der Waals surface area (Å²) in [6.45, 7) is 0.875. The predicted molar refractivity (Wildman–Crippen MR) is 121 cm³/mol. The number of carbonyl (C=O) groups is 1. The number of carbonyl (C=O) groups excluding carboxylic acids is 1. The fraction of sp³-hybridized carbons (Fsp3) is 0.167. The largest absolute Gasteiger partial charge is 0.495 e. The molecule has 0 aliphatic rings. The molecule has 0 fully saturated rings. The number of nitrogens with one attached hydrogen (secondary N) is 3. The summed E-state index contributed by atoms with van der Waals surface area (Å²) in [6, 6.07) is 13.3. The third-order valence-corrected chi connectivity index (χ3v) is 4.95. The van der Waals surface area contributed by atoms with Gasteiger partial charge in [-0.2, -0.15) is 5.10 Å². The molecule has 4 rings (SSSR count). The van der Waals surface area contributed by atoms with Crippen LogP contribution in [0.4, 0.5) is 4.39 Å². The van der Waals surface area contributed by atoms with Crippen LogP contribution in [0.15, 0.2) is 52.9 Å². The number of aromatic amines is 1. The van der Waals surface area contributed by atoms with E-state index < -0.39 is 0 Å². The van der Waals surface area contributed by atoms with E-state index in [-0.39, 0.29) is 18.3 Å². The van der Waals surface area contributed by atoms with Gasteiger partial charge in [-0.25, -0.2) is 4.39 Å². The topological polar surface area (TPSA) is 92.2 Å². The van der Waals surface area contributed by atoms with Crippen molar-refractivity contribution in [2.24, 2.45) is 0 Å². The quantitative estimate of drug-likeness (QED) is 0.388. The number of benzene rings is 2. The number of rotatable bonds is 8. The molecule has 32 heavy (non-hydrogen) atoms. The number of aromatic nitrogens is 2. The van der Waals surface area contributed by atoms with E-state index in [0.717, 1.165) is 11.3 Å². The molecule has 0 radical (unpaired) electrons. The highest BCUT2D eigenvalue weighted by Crippen LogP contribution is 2.32. The third kappa shape index (κ3) is 4.55. The number of halogens is 1. The molecule has 0 aliphatic heterocycles. The Kier molecular flexibility index (Phi) is 6.32. The molecule has 2 heterocycles. The number of fused-ring (bicyclic) bond motifs is 1. The minimum Gasteiger partial charge on any atom is -0.495 e. The van der Waals surface area contributed by atoms with Crippen LogP contribution < -0.4 is 15.4 Å². The van der Waals surface area contributed by atoms with Gasteiger partial charge in [-0.3, -0.25) is 9.89 Å². The summed E-state index contributed by atoms with van der Waals surface area (Å²) < 4.78 is 24.4. The van der Waals surface area contributed by atoms with Crippen LogP contribution in [0.5, 0.6) is 5.75 Å². The lowest BCUT2D eigenvalue weighted by molar-refractivity contribution is 0.0945. The highest BCUT2D eigenvalue weighted by molar-refractivity contribution is 6.05. The maximum absolute atomic E-state index is 13.1. The monoisotopic (exact) mass is 434 g/mol. The van der Waals surface area contributed by atoms with Crippen LogP contribution >= 0.6 is 0 Å². The summed E-state index contributed by atoms with van der Waals surface area (Å²) in [5.74, 6) is 1.30.